The normalized spacial score (nSPS) is 11.6. The molecule has 0 amide bonds. The van der Waals surface area contributed by atoms with E-state index in [0.717, 1.165) is 28.4 Å². The van der Waals surface area contributed by atoms with Crippen LogP contribution in [0.4, 0.5) is 0 Å². The van der Waals surface area contributed by atoms with Crippen molar-refractivity contribution in [2.24, 2.45) is 0 Å². The monoisotopic (exact) mass is 371 g/mol. The number of nitrogens with zero attached hydrogens (tertiary/aromatic N) is 5. The van der Waals surface area contributed by atoms with E-state index >= 15 is 0 Å². The molecule has 4 rings (SSSR count). The quantitative estimate of drug-likeness (QED) is 0.500. The predicted octanol–water partition coefficient (Wildman–Crippen LogP) is 5.15. The number of fused-ring (bicyclic) bond motifs is 1. The van der Waals surface area contributed by atoms with Crippen LogP contribution < -0.4 is 0 Å². The zero-order chi connectivity index (χ0) is 17.6. The van der Waals surface area contributed by atoms with Crippen molar-refractivity contribution in [3.05, 3.63) is 59.0 Å². The second-order valence-electron chi connectivity index (χ2n) is 6.02. The van der Waals surface area contributed by atoms with Crippen molar-refractivity contribution in [2.75, 3.05) is 0 Å². The number of benzene rings is 1. The maximum absolute atomic E-state index is 6.44. The van der Waals surface area contributed by atoms with Gasteiger partial charge in [0, 0.05) is 22.8 Å². The van der Waals surface area contributed by atoms with Gasteiger partial charge in [0.1, 0.15) is 23.4 Å². The molecule has 0 radical (unpaired) electrons. The third kappa shape index (κ3) is 2.69. The molecule has 0 saturated carbocycles. The van der Waals surface area contributed by atoms with E-state index in [-0.39, 0.29) is 6.04 Å². The topological polar surface area (TPSA) is 48.0 Å². The van der Waals surface area contributed by atoms with Crippen molar-refractivity contribution < 1.29 is 0 Å². The van der Waals surface area contributed by atoms with Crippen molar-refractivity contribution in [1.29, 1.82) is 0 Å². The first-order valence-corrected chi connectivity index (χ1v) is 8.64. The summed E-state index contributed by atoms with van der Waals surface area (Å²) in [5.74, 6) is 0.736. The van der Waals surface area contributed by atoms with E-state index in [0.29, 0.717) is 10.0 Å². The average molecular weight is 372 g/mol. The summed E-state index contributed by atoms with van der Waals surface area (Å²) in [4.78, 5) is 4.78. The Hall–Kier alpha value is -2.37. The van der Waals surface area contributed by atoms with Crippen LogP contribution in [0.3, 0.4) is 0 Å². The summed E-state index contributed by atoms with van der Waals surface area (Å²) in [6.45, 7) is 4.17. The number of halogens is 2. The summed E-state index contributed by atoms with van der Waals surface area (Å²) < 4.78 is 4.01. The molecule has 126 valence electrons. The van der Waals surface area contributed by atoms with Crippen molar-refractivity contribution in [3.63, 3.8) is 0 Å². The van der Waals surface area contributed by atoms with Crippen molar-refractivity contribution in [3.8, 4) is 22.8 Å². The summed E-state index contributed by atoms with van der Waals surface area (Å²) in [5, 5.41) is 9.63. The van der Waals surface area contributed by atoms with Gasteiger partial charge in [0.05, 0.1) is 5.02 Å². The van der Waals surface area contributed by atoms with Crippen molar-refractivity contribution in [2.45, 2.75) is 19.9 Å². The third-order valence-electron chi connectivity index (χ3n) is 4.05. The number of imidazole rings is 1. The fraction of sp³-hybridized carbons (Fsp3) is 0.167. The molecule has 1 aromatic carbocycles. The Balaban J connectivity index is 2.09. The van der Waals surface area contributed by atoms with Crippen LogP contribution in [-0.4, -0.2) is 24.1 Å². The molecule has 5 nitrogen and oxygen atoms in total. The minimum atomic E-state index is 0.210. The zero-order valence-corrected chi connectivity index (χ0v) is 15.2. The highest BCUT2D eigenvalue weighted by molar-refractivity contribution is 6.35. The molecule has 0 N–H and O–H groups in total. The van der Waals surface area contributed by atoms with Gasteiger partial charge in [-0.05, 0) is 44.2 Å². The van der Waals surface area contributed by atoms with Gasteiger partial charge in [-0.1, -0.05) is 29.3 Å². The molecule has 7 heteroatoms. The minimum Gasteiger partial charge on any atom is -0.310 e. The van der Waals surface area contributed by atoms with Gasteiger partial charge in [0.2, 0.25) is 0 Å². The molecule has 0 unspecified atom stereocenters. The molecule has 3 aromatic heterocycles. The summed E-state index contributed by atoms with van der Waals surface area (Å²) in [5.41, 5.74) is 3.15. The number of hydrogen-bond acceptors (Lipinski definition) is 3. The summed E-state index contributed by atoms with van der Waals surface area (Å²) in [7, 11) is 0. The van der Waals surface area contributed by atoms with Gasteiger partial charge in [-0.3, -0.25) is 4.40 Å². The number of rotatable bonds is 3. The molecule has 4 aromatic rings. The Morgan fingerprint density at radius 2 is 1.92 bits per heavy atom. The lowest BCUT2D eigenvalue weighted by atomic mass is 10.1. The van der Waals surface area contributed by atoms with Crippen LogP contribution >= 0.6 is 23.2 Å². The number of pyridine rings is 1. The van der Waals surface area contributed by atoms with E-state index in [1.807, 2.05) is 39.4 Å². The maximum atomic E-state index is 6.44. The highest BCUT2D eigenvalue weighted by atomic mass is 35.5. The van der Waals surface area contributed by atoms with Crippen LogP contribution in [0.2, 0.25) is 10.0 Å². The van der Waals surface area contributed by atoms with Gasteiger partial charge in [0.25, 0.3) is 0 Å². The summed E-state index contributed by atoms with van der Waals surface area (Å²) in [6, 6.07) is 11.4. The van der Waals surface area contributed by atoms with Crippen LogP contribution in [0.25, 0.3) is 28.4 Å². The molecular formula is C18H15Cl2N5. The summed E-state index contributed by atoms with van der Waals surface area (Å²) >= 11 is 12.6. The lowest BCUT2D eigenvalue weighted by Crippen LogP contribution is -2.04. The Kier molecular flexibility index (Phi) is 3.98. The van der Waals surface area contributed by atoms with Crippen molar-refractivity contribution in [1.82, 2.24) is 24.1 Å². The van der Waals surface area contributed by atoms with Crippen LogP contribution in [0.1, 0.15) is 19.9 Å². The lowest BCUT2D eigenvalue weighted by molar-refractivity contribution is 0.603. The zero-order valence-electron chi connectivity index (χ0n) is 13.7. The van der Waals surface area contributed by atoms with E-state index in [1.165, 1.54) is 0 Å². The molecule has 0 bridgehead atoms. The number of aromatic nitrogens is 5. The highest BCUT2D eigenvalue weighted by Gasteiger charge is 2.22. The molecule has 0 atom stereocenters. The highest BCUT2D eigenvalue weighted by Crippen LogP contribution is 2.37. The van der Waals surface area contributed by atoms with Gasteiger partial charge in [0.15, 0.2) is 5.82 Å². The Morgan fingerprint density at radius 1 is 1.08 bits per heavy atom. The second kappa shape index (κ2) is 6.17. The first kappa shape index (κ1) is 16.1. The minimum absolute atomic E-state index is 0.210. The van der Waals surface area contributed by atoms with Crippen LogP contribution in [0, 0.1) is 0 Å². The van der Waals surface area contributed by atoms with Gasteiger partial charge >= 0.3 is 0 Å². The number of hydrogen-bond donors (Lipinski definition) is 0. The fourth-order valence-corrected chi connectivity index (χ4v) is 3.25. The van der Waals surface area contributed by atoms with E-state index in [4.69, 9.17) is 28.2 Å². The van der Waals surface area contributed by atoms with Gasteiger partial charge in [-0.25, -0.2) is 4.98 Å². The average Bonchev–Trinajstić information content (AvgIpc) is 3.20. The largest absolute Gasteiger partial charge is 0.310 e. The second-order valence-corrected chi connectivity index (χ2v) is 6.86. The van der Waals surface area contributed by atoms with Crippen LogP contribution in [-0.2, 0) is 0 Å². The first-order valence-electron chi connectivity index (χ1n) is 7.88. The third-order valence-corrected chi connectivity index (χ3v) is 4.62. The van der Waals surface area contributed by atoms with E-state index < -0.39 is 0 Å². The molecule has 0 fully saturated rings. The first-order chi connectivity index (χ1) is 12.1. The molecule has 0 aliphatic rings. The standard InChI is InChI=1S/C18H15Cl2N5/c1-11(2)25-10-21-23-18(25)17-16(13-9-12(19)6-7-14(13)20)22-15-5-3-4-8-24(15)17/h3-11H,1-2H3. The van der Waals surface area contributed by atoms with Crippen LogP contribution in [0.5, 0.6) is 0 Å². The molecule has 0 aliphatic carbocycles. The fourth-order valence-electron chi connectivity index (χ4n) is 2.87. The van der Waals surface area contributed by atoms with E-state index in [9.17, 15) is 0 Å². The SMILES string of the molecule is CC(C)n1cnnc1-c1c(-c2cc(Cl)ccc2Cl)nc2ccccn12. The van der Waals surface area contributed by atoms with Gasteiger partial charge in [-0.15, -0.1) is 10.2 Å². The molecule has 0 aliphatic heterocycles. The Bertz CT molecular complexity index is 1060. The van der Waals surface area contributed by atoms with E-state index in [2.05, 4.69) is 24.0 Å². The van der Waals surface area contributed by atoms with Crippen LogP contribution in [0.15, 0.2) is 48.9 Å². The molecule has 0 spiro atoms. The molecule has 0 saturated heterocycles. The van der Waals surface area contributed by atoms with Gasteiger partial charge in [-0.2, -0.15) is 0 Å². The molecular weight excluding hydrogens is 357 g/mol. The van der Waals surface area contributed by atoms with E-state index in [1.54, 1.807) is 18.5 Å². The summed E-state index contributed by atoms with van der Waals surface area (Å²) in [6.07, 6.45) is 3.69. The van der Waals surface area contributed by atoms with Crippen molar-refractivity contribution >= 4 is 28.8 Å². The lowest BCUT2D eigenvalue weighted by Gasteiger charge is -2.11. The Labute approximate surface area is 154 Å². The smallest absolute Gasteiger partial charge is 0.183 e. The molecule has 25 heavy (non-hydrogen) atoms. The predicted molar refractivity (Wildman–Crippen MR) is 100 cm³/mol. The maximum Gasteiger partial charge on any atom is 0.183 e. The Morgan fingerprint density at radius 3 is 2.72 bits per heavy atom. The molecule has 3 heterocycles. The van der Waals surface area contributed by atoms with Gasteiger partial charge < -0.3 is 4.57 Å².